The summed E-state index contributed by atoms with van der Waals surface area (Å²) in [4.78, 5) is 13.3. The van der Waals surface area contributed by atoms with E-state index in [1.54, 1.807) is 10.7 Å². The molecule has 1 aliphatic carbocycles. The molecule has 0 radical (unpaired) electrons. The first-order chi connectivity index (χ1) is 15.1. The van der Waals surface area contributed by atoms with Crippen molar-refractivity contribution in [2.24, 2.45) is 0 Å². The number of ether oxygens (including phenoxy) is 1. The van der Waals surface area contributed by atoms with Crippen molar-refractivity contribution in [2.75, 3.05) is 5.32 Å². The molecule has 0 aliphatic heterocycles. The van der Waals surface area contributed by atoms with Crippen LogP contribution in [-0.4, -0.2) is 47.7 Å². The van der Waals surface area contributed by atoms with Crippen molar-refractivity contribution in [3.63, 3.8) is 0 Å². The van der Waals surface area contributed by atoms with Gasteiger partial charge < -0.3 is 10.1 Å². The summed E-state index contributed by atoms with van der Waals surface area (Å²) in [5.41, 5.74) is 3.92. The average Bonchev–Trinajstić information content (AvgIpc) is 3.37. The van der Waals surface area contributed by atoms with Crippen molar-refractivity contribution in [1.82, 2.24) is 29.0 Å². The number of nitrogens with zero attached hydrogens (tertiary/aromatic N) is 6. The van der Waals surface area contributed by atoms with Gasteiger partial charge in [-0.15, -0.1) is 5.10 Å². The van der Waals surface area contributed by atoms with E-state index in [-0.39, 0.29) is 12.1 Å². The monoisotopic (exact) mass is 427 g/mol. The molecule has 31 heavy (non-hydrogen) atoms. The lowest BCUT2D eigenvalue weighted by molar-refractivity contribution is -0.169. The highest BCUT2D eigenvalue weighted by Gasteiger charge is 2.24. The van der Waals surface area contributed by atoms with E-state index >= 15 is 0 Å². The Morgan fingerprint density at radius 3 is 2.71 bits per heavy atom. The van der Waals surface area contributed by atoms with Crippen LogP contribution in [0.5, 0.6) is 0 Å². The molecular weight excluding hydrogens is 404 g/mol. The summed E-state index contributed by atoms with van der Waals surface area (Å²) in [5, 5.41) is 7.89. The second kappa shape index (κ2) is 8.18. The average molecular weight is 427 g/mol. The summed E-state index contributed by atoms with van der Waals surface area (Å²) in [5.74, 6) is 1.20. The number of aryl methyl sites for hydroxylation is 1. The summed E-state index contributed by atoms with van der Waals surface area (Å²) in [6.45, 7) is -0.619. The van der Waals surface area contributed by atoms with Gasteiger partial charge in [-0.05, 0) is 38.2 Å². The van der Waals surface area contributed by atoms with Crippen LogP contribution in [0.1, 0.15) is 38.3 Å². The zero-order valence-corrected chi connectivity index (χ0v) is 17.1. The quantitative estimate of drug-likeness (QED) is 0.502. The van der Waals surface area contributed by atoms with E-state index in [0.29, 0.717) is 24.6 Å². The summed E-state index contributed by atoms with van der Waals surface area (Å²) >= 11 is 0. The largest absolute Gasteiger partial charge is 0.350 e. The fourth-order valence-corrected chi connectivity index (χ4v) is 4.20. The van der Waals surface area contributed by atoms with E-state index < -0.39 is 6.61 Å². The third-order valence-corrected chi connectivity index (χ3v) is 5.83. The molecule has 4 aromatic rings. The maximum atomic E-state index is 12.4. The van der Waals surface area contributed by atoms with Gasteiger partial charge in [-0.2, -0.15) is 8.78 Å². The number of nitrogens with one attached hydrogen (secondary N) is 1. The highest BCUT2D eigenvalue weighted by Crippen LogP contribution is 2.27. The van der Waals surface area contributed by atoms with Crippen molar-refractivity contribution in [2.45, 2.75) is 57.8 Å². The van der Waals surface area contributed by atoms with Crippen molar-refractivity contribution < 1.29 is 13.5 Å². The lowest BCUT2D eigenvalue weighted by Gasteiger charge is -2.28. The molecule has 1 saturated carbocycles. The van der Waals surface area contributed by atoms with Crippen LogP contribution in [0.4, 0.5) is 14.7 Å². The van der Waals surface area contributed by atoms with E-state index in [4.69, 9.17) is 0 Å². The Hall–Kier alpha value is -3.14. The van der Waals surface area contributed by atoms with Gasteiger partial charge in [0.25, 0.3) is 0 Å². The van der Waals surface area contributed by atoms with E-state index in [1.165, 1.54) is 0 Å². The summed E-state index contributed by atoms with van der Waals surface area (Å²) in [7, 11) is 0. The molecule has 0 atom stereocenters. The zero-order chi connectivity index (χ0) is 21.4. The molecule has 162 valence electrons. The number of rotatable bonds is 6. The predicted octanol–water partition coefficient (Wildman–Crippen LogP) is 3.96. The van der Waals surface area contributed by atoms with Crippen LogP contribution in [0, 0.1) is 0 Å². The minimum atomic E-state index is -2.71. The van der Waals surface area contributed by atoms with Crippen LogP contribution >= 0.6 is 0 Å². The van der Waals surface area contributed by atoms with Gasteiger partial charge in [0, 0.05) is 41.5 Å². The number of anilines is 1. The van der Waals surface area contributed by atoms with Crippen LogP contribution < -0.4 is 5.32 Å². The molecule has 0 saturated heterocycles. The maximum absolute atomic E-state index is 12.4. The van der Waals surface area contributed by atoms with Crippen molar-refractivity contribution in [3.8, 4) is 11.1 Å². The normalized spacial score (nSPS) is 19.5. The number of aromatic nitrogens is 6. The van der Waals surface area contributed by atoms with Crippen LogP contribution in [0.15, 0.2) is 37.1 Å². The van der Waals surface area contributed by atoms with Gasteiger partial charge in [-0.3, -0.25) is 4.40 Å². The molecule has 0 amide bonds. The molecule has 0 spiro atoms. The second-order valence-corrected chi connectivity index (χ2v) is 7.77. The third-order valence-electron chi connectivity index (χ3n) is 5.83. The summed E-state index contributed by atoms with van der Waals surface area (Å²) in [6, 6.07) is 2.14. The standard InChI is InChI=1S/C21H23F2N7O/c1-2-15-10-26-21-25-9-13(12-29(15)21)17-7-8-30-18(17)11-24-20(28-30)27-14-3-5-16(6-4-14)31-19(22)23/h7-12,14,16,19H,2-6H2,1H3,(H,27,28). The predicted molar refractivity (Wildman–Crippen MR) is 111 cm³/mol. The van der Waals surface area contributed by atoms with Gasteiger partial charge in [0.1, 0.15) is 0 Å². The lowest BCUT2D eigenvalue weighted by Crippen LogP contribution is -2.31. The number of imidazole rings is 1. The van der Waals surface area contributed by atoms with Crippen LogP contribution in [0.25, 0.3) is 22.4 Å². The van der Waals surface area contributed by atoms with E-state index in [0.717, 1.165) is 41.6 Å². The molecule has 8 nitrogen and oxygen atoms in total. The van der Waals surface area contributed by atoms with Gasteiger partial charge in [-0.25, -0.2) is 19.5 Å². The molecule has 1 N–H and O–H groups in total. The van der Waals surface area contributed by atoms with Crippen LogP contribution in [-0.2, 0) is 11.2 Å². The molecule has 1 fully saturated rings. The molecule has 0 aromatic carbocycles. The van der Waals surface area contributed by atoms with E-state index in [2.05, 4.69) is 37.0 Å². The Kier molecular flexibility index (Phi) is 5.23. The van der Waals surface area contributed by atoms with Gasteiger partial charge in [-0.1, -0.05) is 6.92 Å². The zero-order valence-electron chi connectivity index (χ0n) is 17.1. The number of hydrogen-bond acceptors (Lipinski definition) is 6. The Bertz CT molecular complexity index is 1200. The molecule has 0 unspecified atom stereocenters. The fraction of sp³-hybridized carbons (Fsp3) is 0.429. The Balaban J connectivity index is 1.34. The lowest BCUT2D eigenvalue weighted by atomic mass is 9.93. The first-order valence-corrected chi connectivity index (χ1v) is 10.5. The Morgan fingerprint density at radius 2 is 1.94 bits per heavy atom. The first-order valence-electron chi connectivity index (χ1n) is 10.5. The van der Waals surface area contributed by atoms with Gasteiger partial charge in [0.2, 0.25) is 11.7 Å². The highest BCUT2D eigenvalue weighted by molar-refractivity contribution is 5.79. The molecular formula is C21H23F2N7O. The highest BCUT2D eigenvalue weighted by atomic mass is 19.3. The Labute approximate surface area is 177 Å². The topological polar surface area (TPSA) is 81.6 Å². The molecule has 10 heteroatoms. The fourth-order valence-electron chi connectivity index (χ4n) is 4.20. The van der Waals surface area contributed by atoms with E-state index in [1.807, 2.05) is 35.3 Å². The SMILES string of the molecule is CCc1cnc2ncc(-c3ccn4nc(NC5CCC(OC(F)F)CC5)ncc34)cn12. The summed E-state index contributed by atoms with van der Waals surface area (Å²) in [6.07, 6.45) is 12.6. The minimum Gasteiger partial charge on any atom is -0.350 e. The van der Waals surface area contributed by atoms with Gasteiger partial charge in [0.15, 0.2) is 0 Å². The number of alkyl halides is 2. The van der Waals surface area contributed by atoms with Crippen LogP contribution in [0.3, 0.4) is 0 Å². The van der Waals surface area contributed by atoms with Crippen molar-refractivity contribution in [1.29, 1.82) is 0 Å². The number of fused-ring (bicyclic) bond motifs is 2. The number of halogens is 2. The van der Waals surface area contributed by atoms with Crippen molar-refractivity contribution in [3.05, 3.63) is 42.7 Å². The minimum absolute atomic E-state index is 0.144. The van der Waals surface area contributed by atoms with Crippen molar-refractivity contribution >= 4 is 17.2 Å². The van der Waals surface area contributed by atoms with Gasteiger partial charge in [0.05, 0.1) is 24.0 Å². The maximum Gasteiger partial charge on any atom is 0.345 e. The smallest absolute Gasteiger partial charge is 0.345 e. The molecule has 5 rings (SSSR count). The second-order valence-electron chi connectivity index (χ2n) is 7.77. The Morgan fingerprint density at radius 1 is 1.13 bits per heavy atom. The van der Waals surface area contributed by atoms with E-state index in [9.17, 15) is 8.78 Å². The number of hydrogen-bond donors (Lipinski definition) is 1. The molecule has 0 bridgehead atoms. The first kappa shape index (κ1) is 19.8. The molecule has 4 heterocycles. The summed E-state index contributed by atoms with van der Waals surface area (Å²) < 4.78 is 33.1. The molecule has 4 aromatic heterocycles. The molecule has 1 aliphatic rings. The van der Waals surface area contributed by atoms with Crippen LogP contribution in [0.2, 0.25) is 0 Å². The third kappa shape index (κ3) is 3.95. The van der Waals surface area contributed by atoms with Gasteiger partial charge >= 0.3 is 6.61 Å².